The van der Waals surface area contributed by atoms with Gasteiger partial charge < -0.3 is 19.7 Å². The van der Waals surface area contributed by atoms with Gasteiger partial charge in [-0.05, 0) is 42.5 Å². The molecule has 10 heteroatoms. The average Bonchev–Trinajstić information content (AvgIpc) is 3.46. The Kier molecular flexibility index (Phi) is 4.59. The first-order valence-electron chi connectivity index (χ1n) is 9.61. The lowest BCUT2D eigenvalue weighted by atomic mass is 10.0. The summed E-state index contributed by atoms with van der Waals surface area (Å²) in [5.41, 5.74) is -0.295. The summed E-state index contributed by atoms with van der Waals surface area (Å²) < 4.78 is 20.0. The van der Waals surface area contributed by atoms with E-state index in [-0.39, 0.29) is 18.2 Å². The molecule has 0 radical (unpaired) electrons. The number of rotatable bonds is 5. The molecule has 3 amide bonds. The third-order valence-electron chi connectivity index (χ3n) is 5.43. The number of urea groups is 1. The molecule has 0 spiro atoms. The zero-order chi connectivity index (χ0) is 22.5. The van der Waals surface area contributed by atoms with Gasteiger partial charge in [-0.1, -0.05) is 0 Å². The van der Waals surface area contributed by atoms with Gasteiger partial charge >= 0.3 is 6.03 Å². The molecule has 4 aromatic rings. The van der Waals surface area contributed by atoms with Crippen LogP contribution in [-0.2, 0) is 16.9 Å². The maximum atomic E-state index is 13.3. The number of methoxy groups -OCH3 is 1. The number of imide groups is 1. The number of carbonyl (C=O) groups excluding carboxylic acids is 2. The minimum Gasteiger partial charge on any atom is -0.497 e. The van der Waals surface area contributed by atoms with Crippen molar-refractivity contribution in [2.45, 2.75) is 12.1 Å². The number of halogens is 1. The lowest BCUT2D eigenvalue weighted by Gasteiger charge is -2.24. The second kappa shape index (κ2) is 7.34. The molecule has 3 heterocycles. The van der Waals surface area contributed by atoms with Crippen molar-refractivity contribution in [1.82, 2.24) is 20.2 Å². The number of ether oxygens (including phenoxy) is 1. The lowest BCUT2D eigenvalue weighted by molar-refractivity contribution is -0.124. The van der Waals surface area contributed by atoms with Crippen LogP contribution in [0.1, 0.15) is 5.01 Å². The summed E-state index contributed by atoms with van der Waals surface area (Å²) in [4.78, 5) is 29.6. The Morgan fingerprint density at radius 3 is 2.69 bits per heavy atom. The van der Waals surface area contributed by atoms with E-state index in [1.54, 1.807) is 41.9 Å². The molecule has 1 aliphatic heterocycles. The van der Waals surface area contributed by atoms with Crippen molar-refractivity contribution in [2.75, 3.05) is 7.11 Å². The van der Waals surface area contributed by atoms with Crippen LogP contribution in [0.4, 0.5) is 9.18 Å². The molecule has 1 fully saturated rings. The monoisotopic (exact) mass is 452 g/mol. The molecule has 5 rings (SSSR count). The highest BCUT2D eigenvalue weighted by molar-refractivity contribution is 7.10. The molecule has 3 N–H and O–H groups in total. The molecule has 162 valence electrons. The molecule has 2 aromatic heterocycles. The fraction of sp³-hybridized carbons (Fsp3) is 0.136. The summed E-state index contributed by atoms with van der Waals surface area (Å²) in [7, 11) is 1.53. The first kappa shape index (κ1) is 20.0. The molecular formula is C22H17FN4O4S. The Morgan fingerprint density at radius 1 is 1.22 bits per heavy atom. The number of nitrogens with zero attached hydrogens (tertiary/aromatic N) is 2. The smallest absolute Gasteiger partial charge is 0.322 e. The van der Waals surface area contributed by atoms with Crippen LogP contribution >= 0.6 is 11.3 Å². The number of hydrogen-bond acceptors (Lipinski definition) is 6. The van der Waals surface area contributed by atoms with Crippen molar-refractivity contribution in [3.8, 4) is 22.9 Å². The van der Waals surface area contributed by atoms with Gasteiger partial charge in [0, 0.05) is 27.9 Å². The summed E-state index contributed by atoms with van der Waals surface area (Å²) in [6.45, 7) is -0.0796. The Hall–Kier alpha value is -3.92. The quantitative estimate of drug-likeness (QED) is 0.403. The van der Waals surface area contributed by atoms with Crippen LogP contribution < -0.4 is 15.4 Å². The van der Waals surface area contributed by atoms with Gasteiger partial charge in [0.2, 0.25) is 0 Å². The molecule has 0 bridgehead atoms. The first-order chi connectivity index (χ1) is 15.4. The topological polar surface area (TPSA) is 105 Å². The fourth-order valence-electron chi connectivity index (χ4n) is 3.77. The van der Waals surface area contributed by atoms with Gasteiger partial charge in [0.05, 0.1) is 19.3 Å². The van der Waals surface area contributed by atoms with Crippen LogP contribution in [0.15, 0.2) is 54.0 Å². The van der Waals surface area contributed by atoms with Gasteiger partial charge in [0.1, 0.15) is 16.6 Å². The van der Waals surface area contributed by atoms with Crippen molar-refractivity contribution >= 4 is 34.0 Å². The molecule has 0 saturated carbocycles. The number of fused-ring (bicyclic) bond motifs is 1. The van der Waals surface area contributed by atoms with E-state index in [1.165, 1.54) is 35.1 Å². The molecule has 8 nitrogen and oxygen atoms in total. The predicted octanol–water partition coefficient (Wildman–Crippen LogP) is 3.35. The Bertz CT molecular complexity index is 1360. The largest absolute Gasteiger partial charge is 0.497 e. The van der Waals surface area contributed by atoms with E-state index >= 15 is 0 Å². The van der Waals surface area contributed by atoms with Gasteiger partial charge in [-0.3, -0.25) is 10.1 Å². The number of aromatic hydroxyl groups is 1. The molecule has 2 aromatic carbocycles. The van der Waals surface area contributed by atoms with Crippen LogP contribution in [0.5, 0.6) is 11.6 Å². The second-order valence-corrected chi connectivity index (χ2v) is 8.25. The fourth-order valence-corrected chi connectivity index (χ4v) is 4.75. The Morgan fingerprint density at radius 2 is 2.00 bits per heavy atom. The van der Waals surface area contributed by atoms with Gasteiger partial charge in [0.15, 0.2) is 11.4 Å². The van der Waals surface area contributed by atoms with E-state index in [0.717, 1.165) is 5.39 Å². The molecule has 1 saturated heterocycles. The second-order valence-electron chi connectivity index (χ2n) is 7.39. The van der Waals surface area contributed by atoms with Gasteiger partial charge in [0.25, 0.3) is 5.91 Å². The number of hydrogen-bond donors (Lipinski definition) is 3. The van der Waals surface area contributed by atoms with E-state index in [9.17, 15) is 19.1 Å². The molecule has 1 aliphatic rings. The minimum absolute atomic E-state index is 0.0671. The van der Waals surface area contributed by atoms with Gasteiger partial charge in [-0.15, -0.1) is 11.3 Å². The van der Waals surface area contributed by atoms with E-state index in [4.69, 9.17) is 4.74 Å². The number of carbonyl (C=O) groups is 2. The molecule has 32 heavy (non-hydrogen) atoms. The van der Waals surface area contributed by atoms with Gasteiger partial charge in [-0.25, -0.2) is 14.2 Å². The molecule has 0 aliphatic carbocycles. The highest BCUT2D eigenvalue weighted by Gasteiger charge is 2.50. The maximum absolute atomic E-state index is 13.3. The number of amides is 3. The highest BCUT2D eigenvalue weighted by atomic mass is 32.1. The predicted molar refractivity (Wildman–Crippen MR) is 116 cm³/mol. The van der Waals surface area contributed by atoms with Crippen molar-refractivity contribution in [2.24, 2.45) is 0 Å². The molecular weight excluding hydrogens is 435 g/mol. The molecule has 1 atom stereocenters. The molecule has 0 unspecified atom stereocenters. The van der Waals surface area contributed by atoms with Crippen LogP contribution in [0.2, 0.25) is 0 Å². The standard InChI is InChI=1S/C22H17FN4O4S/c1-31-15-7-4-13-9-27(18(28)16(13)8-15)11-22(19(29)25-21(30)26-22)20-24-17(10-32-20)12-2-5-14(23)6-3-12/h2-10,28H,11H2,1H3,(H2,25,26,29,30)/t22-/m1/s1. The SMILES string of the molecule is COc1ccc2cn(C[C@@]3(c4nc(-c5ccc(F)cc5)cs4)NC(=O)NC3=O)c(O)c2c1. The first-order valence-corrected chi connectivity index (χ1v) is 10.5. The normalized spacial score (nSPS) is 18.1. The minimum atomic E-state index is -1.52. The highest BCUT2D eigenvalue weighted by Crippen LogP contribution is 2.37. The van der Waals surface area contributed by atoms with E-state index in [2.05, 4.69) is 15.6 Å². The van der Waals surface area contributed by atoms with E-state index < -0.39 is 17.5 Å². The van der Waals surface area contributed by atoms with E-state index in [1.807, 2.05) is 0 Å². The Balaban J connectivity index is 1.58. The summed E-state index contributed by atoms with van der Waals surface area (Å²) >= 11 is 1.19. The van der Waals surface area contributed by atoms with Gasteiger partial charge in [-0.2, -0.15) is 0 Å². The number of aromatic nitrogens is 2. The Labute approximate surface area is 185 Å². The van der Waals surface area contributed by atoms with Crippen LogP contribution in [-0.4, -0.2) is 33.7 Å². The van der Waals surface area contributed by atoms with Crippen molar-refractivity contribution in [3.63, 3.8) is 0 Å². The van der Waals surface area contributed by atoms with Crippen molar-refractivity contribution in [3.05, 3.63) is 64.9 Å². The number of benzene rings is 2. The lowest BCUT2D eigenvalue weighted by Crippen LogP contribution is -2.47. The maximum Gasteiger partial charge on any atom is 0.322 e. The summed E-state index contributed by atoms with van der Waals surface area (Å²) in [5, 5.41) is 19.1. The third kappa shape index (κ3) is 3.16. The zero-order valence-electron chi connectivity index (χ0n) is 16.8. The summed E-state index contributed by atoms with van der Waals surface area (Å²) in [6, 6.07) is 10.4. The van der Waals surface area contributed by atoms with E-state index in [0.29, 0.717) is 27.4 Å². The van der Waals surface area contributed by atoms with Crippen LogP contribution in [0, 0.1) is 5.82 Å². The third-order valence-corrected chi connectivity index (χ3v) is 6.43. The van der Waals surface area contributed by atoms with Crippen LogP contribution in [0.25, 0.3) is 22.0 Å². The number of nitrogens with one attached hydrogen (secondary N) is 2. The zero-order valence-corrected chi connectivity index (χ0v) is 17.6. The van der Waals surface area contributed by atoms with Crippen molar-refractivity contribution < 1.29 is 23.8 Å². The van der Waals surface area contributed by atoms with Crippen molar-refractivity contribution in [1.29, 1.82) is 0 Å². The average molecular weight is 452 g/mol. The number of thiazole rings is 1. The van der Waals surface area contributed by atoms with Crippen LogP contribution in [0.3, 0.4) is 0 Å². The summed E-state index contributed by atoms with van der Waals surface area (Å²) in [6.07, 6.45) is 1.69. The summed E-state index contributed by atoms with van der Waals surface area (Å²) in [5.74, 6) is -0.425.